The zero-order valence-electron chi connectivity index (χ0n) is 12.2. The van der Waals surface area contributed by atoms with Gasteiger partial charge in [0.2, 0.25) is 0 Å². The third-order valence-corrected chi connectivity index (χ3v) is 3.10. The van der Waals surface area contributed by atoms with Crippen LogP contribution in [0.1, 0.15) is 10.4 Å². The largest absolute Gasteiger partial charge is 0.507 e. The highest BCUT2D eigenvalue weighted by atomic mass is 35.5. The average Bonchev–Trinajstić information content (AvgIpc) is 2.53. The van der Waals surface area contributed by atoms with Crippen LogP contribution in [0.3, 0.4) is 0 Å². The van der Waals surface area contributed by atoms with E-state index in [0.717, 1.165) is 0 Å². The van der Waals surface area contributed by atoms with Crippen LogP contribution in [0.25, 0.3) is 0 Å². The van der Waals surface area contributed by atoms with Gasteiger partial charge in [-0.3, -0.25) is 4.79 Å². The van der Waals surface area contributed by atoms with Gasteiger partial charge >= 0.3 is 5.97 Å². The second kappa shape index (κ2) is 7.51. The minimum Gasteiger partial charge on any atom is -0.507 e. The molecule has 6 nitrogen and oxygen atoms in total. The quantitative estimate of drug-likeness (QED) is 0.821. The van der Waals surface area contributed by atoms with E-state index in [1.807, 2.05) is 0 Å². The molecular weight excluding hydrogens is 322 g/mol. The molecule has 0 saturated heterocycles. The van der Waals surface area contributed by atoms with E-state index in [4.69, 9.17) is 21.1 Å². The van der Waals surface area contributed by atoms with E-state index in [1.165, 1.54) is 25.3 Å². The van der Waals surface area contributed by atoms with Crippen molar-refractivity contribution in [2.24, 2.45) is 0 Å². The number of phenols is 1. The smallest absolute Gasteiger partial charge is 0.342 e. The Balaban J connectivity index is 1.92. The second-order valence-corrected chi connectivity index (χ2v) is 4.95. The third kappa shape index (κ3) is 4.62. The second-order valence-electron chi connectivity index (χ2n) is 4.52. The Kier molecular flexibility index (Phi) is 5.43. The van der Waals surface area contributed by atoms with Gasteiger partial charge in [0.1, 0.15) is 17.1 Å². The van der Waals surface area contributed by atoms with Crippen LogP contribution in [0.4, 0.5) is 5.69 Å². The molecule has 2 N–H and O–H groups in total. The SMILES string of the molecule is COc1cccc(NC(=O)COC(=O)c2ccc(Cl)cc2O)c1. The molecule has 23 heavy (non-hydrogen) atoms. The van der Waals surface area contributed by atoms with E-state index in [2.05, 4.69) is 5.32 Å². The lowest BCUT2D eigenvalue weighted by Crippen LogP contribution is -2.21. The van der Waals surface area contributed by atoms with Crippen molar-refractivity contribution in [1.29, 1.82) is 0 Å². The van der Waals surface area contributed by atoms with Crippen molar-refractivity contribution >= 4 is 29.2 Å². The van der Waals surface area contributed by atoms with Crippen LogP contribution in [0, 0.1) is 0 Å². The van der Waals surface area contributed by atoms with E-state index < -0.39 is 18.5 Å². The van der Waals surface area contributed by atoms with Gasteiger partial charge < -0.3 is 19.9 Å². The van der Waals surface area contributed by atoms with E-state index in [1.54, 1.807) is 24.3 Å². The summed E-state index contributed by atoms with van der Waals surface area (Å²) in [7, 11) is 1.52. The first-order chi connectivity index (χ1) is 11.0. The third-order valence-electron chi connectivity index (χ3n) is 2.87. The molecular formula is C16H14ClNO5. The number of aromatic hydroxyl groups is 1. The fourth-order valence-corrected chi connectivity index (χ4v) is 1.95. The highest BCUT2D eigenvalue weighted by molar-refractivity contribution is 6.30. The Labute approximate surface area is 137 Å². The summed E-state index contributed by atoms with van der Waals surface area (Å²) < 4.78 is 9.89. The maximum Gasteiger partial charge on any atom is 0.342 e. The maximum atomic E-state index is 11.8. The maximum absolute atomic E-state index is 11.8. The summed E-state index contributed by atoms with van der Waals surface area (Å²) in [5, 5.41) is 12.5. The van der Waals surface area contributed by atoms with Gasteiger partial charge in [0, 0.05) is 16.8 Å². The number of carbonyl (C=O) groups excluding carboxylic acids is 2. The van der Waals surface area contributed by atoms with Crippen LogP contribution in [0.2, 0.25) is 5.02 Å². The predicted octanol–water partition coefficient (Wildman–Crippen LogP) is 2.85. The Morgan fingerprint density at radius 3 is 2.70 bits per heavy atom. The van der Waals surface area contributed by atoms with Gasteiger partial charge in [0.25, 0.3) is 5.91 Å². The summed E-state index contributed by atoms with van der Waals surface area (Å²) in [6, 6.07) is 10.7. The van der Waals surface area contributed by atoms with Crippen molar-refractivity contribution in [2.75, 3.05) is 19.0 Å². The summed E-state index contributed by atoms with van der Waals surface area (Å²) in [4.78, 5) is 23.6. The van der Waals surface area contributed by atoms with Crippen LogP contribution in [0.5, 0.6) is 11.5 Å². The molecule has 0 spiro atoms. The van der Waals surface area contributed by atoms with Crippen LogP contribution in [-0.2, 0) is 9.53 Å². The molecule has 0 radical (unpaired) electrons. The fraction of sp³-hybridized carbons (Fsp3) is 0.125. The zero-order valence-corrected chi connectivity index (χ0v) is 13.0. The first-order valence-electron chi connectivity index (χ1n) is 6.59. The number of nitrogens with one attached hydrogen (secondary N) is 1. The molecule has 120 valence electrons. The monoisotopic (exact) mass is 335 g/mol. The van der Waals surface area contributed by atoms with Crippen molar-refractivity contribution in [3.63, 3.8) is 0 Å². The summed E-state index contributed by atoms with van der Waals surface area (Å²) in [5.41, 5.74) is 0.448. The van der Waals surface area contributed by atoms with Crippen molar-refractivity contribution in [2.45, 2.75) is 0 Å². The lowest BCUT2D eigenvalue weighted by atomic mass is 10.2. The van der Waals surface area contributed by atoms with E-state index in [-0.39, 0.29) is 16.3 Å². The number of esters is 1. The predicted molar refractivity (Wildman–Crippen MR) is 85.0 cm³/mol. The van der Waals surface area contributed by atoms with Gasteiger partial charge in [0.15, 0.2) is 6.61 Å². The zero-order chi connectivity index (χ0) is 16.8. The first kappa shape index (κ1) is 16.6. The molecule has 0 aliphatic carbocycles. The molecule has 2 aromatic carbocycles. The molecule has 2 aromatic rings. The Hall–Kier alpha value is -2.73. The summed E-state index contributed by atoms with van der Waals surface area (Å²) in [6.45, 7) is -0.488. The molecule has 7 heteroatoms. The van der Waals surface area contributed by atoms with Crippen molar-refractivity contribution in [1.82, 2.24) is 0 Å². The van der Waals surface area contributed by atoms with Gasteiger partial charge in [-0.15, -0.1) is 0 Å². The van der Waals surface area contributed by atoms with Crippen molar-refractivity contribution in [3.8, 4) is 11.5 Å². The number of rotatable bonds is 5. The summed E-state index contributed by atoms with van der Waals surface area (Å²) >= 11 is 5.68. The molecule has 0 aliphatic rings. The molecule has 2 rings (SSSR count). The average molecular weight is 336 g/mol. The van der Waals surface area contributed by atoms with Crippen molar-refractivity contribution < 1.29 is 24.2 Å². The van der Waals surface area contributed by atoms with E-state index in [0.29, 0.717) is 11.4 Å². The van der Waals surface area contributed by atoms with Gasteiger partial charge in [-0.25, -0.2) is 4.79 Å². The molecule has 0 bridgehead atoms. The lowest BCUT2D eigenvalue weighted by molar-refractivity contribution is -0.119. The molecule has 0 unspecified atom stereocenters. The highest BCUT2D eigenvalue weighted by Gasteiger charge is 2.14. The molecule has 0 fully saturated rings. The summed E-state index contributed by atoms with van der Waals surface area (Å²) in [6.07, 6.45) is 0. The number of halogens is 1. The molecule has 0 saturated carbocycles. The standard InChI is InChI=1S/C16H14ClNO5/c1-22-12-4-2-3-11(8-12)18-15(20)9-23-16(21)13-6-5-10(17)7-14(13)19/h2-8,19H,9H2,1H3,(H,18,20). The normalized spacial score (nSPS) is 10.0. The number of amides is 1. The Morgan fingerprint density at radius 1 is 1.22 bits per heavy atom. The van der Waals surface area contributed by atoms with Crippen LogP contribution in [0.15, 0.2) is 42.5 Å². The lowest BCUT2D eigenvalue weighted by Gasteiger charge is -2.08. The molecule has 0 atom stereocenters. The molecule has 1 amide bonds. The number of hydrogen-bond donors (Lipinski definition) is 2. The number of anilines is 1. The molecule has 0 aliphatic heterocycles. The van der Waals surface area contributed by atoms with E-state index >= 15 is 0 Å². The van der Waals surface area contributed by atoms with E-state index in [9.17, 15) is 14.7 Å². The molecule has 0 heterocycles. The Bertz CT molecular complexity index is 732. The topological polar surface area (TPSA) is 84.9 Å². The van der Waals surface area contributed by atoms with Gasteiger partial charge in [-0.2, -0.15) is 0 Å². The van der Waals surface area contributed by atoms with Crippen LogP contribution < -0.4 is 10.1 Å². The highest BCUT2D eigenvalue weighted by Crippen LogP contribution is 2.22. The number of methoxy groups -OCH3 is 1. The number of carbonyl (C=O) groups is 2. The number of benzene rings is 2. The van der Waals surface area contributed by atoms with Gasteiger partial charge in [0.05, 0.1) is 7.11 Å². The van der Waals surface area contributed by atoms with Gasteiger partial charge in [-0.1, -0.05) is 17.7 Å². The van der Waals surface area contributed by atoms with Crippen molar-refractivity contribution in [3.05, 3.63) is 53.1 Å². The first-order valence-corrected chi connectivity index (χ1v) is 6.97. The fourth-order valence-electron chi connectivity index (χ4n) is 1.78. The summed E-state index contributed by atoms with van der Waals surface area (Å²) in [5.74, 6) is -1.05. The minimum atomic E-state index is -0.819. The minimum absolute atomic E-state index is 0.0661. The van der Waals surface area contributed by atoms with Crippen LogP contribution >= 0.6 is 11.6 Å². The number of hydrogen-bond acceptors (Lipinski definition) is 5. The molecule has 0 aromatic heterocycles. The van der Waals surface area contributed by atoms with Crippen LogP contribution in [-0.4, -0.2) is 30.7 Å². The Morgan fingerprint density at radius 2 is 2.00 bits per heavy atom. The number of phenolic OH excluding ortho intramolecular Hbond substituents is 1. The number of ether oxygens (including phenoxy) is 2. The van der Waals surface area contributed by atoms with Gasteiger partial charge in [-0.05, 0) is 30.3 Å².